The van der Waals surface area contributed by atoms with Crippen LogP contribution in [0.25, 0.3) is 11.0 Å². The fourth-order valence-corrected chi connectivity index (χ4v) is 6.71. The summed E-state index contributed by atoms with van der Waals surface area (Å²) in [5.41, 5.74) is 2.50. The van der Waals surface area contributed by atoms with Gasteiger partial charge in [-0.25, -0.2) is 0 Å². The maximum absolute atomic E-state index is 13.6. The molecule has 0 aliphatic carbocycles. The normalized spacial score (nSPS) is 15.6. The predicted molar refractivity (Wildman–Crippen MR) is 133 cm³/mol. The first-order valence-corrected chi connectivity index (χ1v) is 13.2. The van der Waals surface area contributed by atoms with Crippen LogP contribution < -0.4 is 20.7 Å². The van der Waals surface area contributed by atoms with Crippen LogP contribution in [0.2, 0.25) is 0 Å². The summed E-state index contributed by atoms with van der Waals surface area (Å²) in [6.07, 6.45) is 2.89. The first kappa shape index (κ1) is 23.1. The highest BCUT2D eigenvalue weighted by molar-refractivity contribution is 7.71. The molecule has 33 heavy (non-hydrogen) atoms. The van der Waals surface area contributed by atoms with E-state index in [4.69, 9.17) is 9.72 Å². The van der Waals surface area contributed by atoms with Crippen LogP contribution in [0, 0.1) is 6.92 Å². The van der Waals surface area contributed by atoms with Crippen LogP contribution in [0.5, 0.6) is 5.75 Å². The maximum Gasteiger partial charge on any atom is 0.231 e. The number of anilines is 3. The van der Waals surface area contributed by atoms with Crippen molar-refractivity contribution >= 4 is 46.8 Å². The van der Waals surface area contributed by atoms with Gasteiger partial charge in [0.15, 0.2) is 0 Å². The van der Waals surface area contributed by atoms with Crippen molar-refractivity contribution in [2.75, 3.05) is 43.2 Å². The number of nitrogens with one attached hydrogen (secondary N) is 3. The molecule has 0 spiro atoms. The number of carbonyl (C=O) groups is 1. The Morgan fingerprint density at radius 3 is 2.61 bits per heavy atom. The largest absolute Gasteiger partial charge is 0.495 e. The molecule has 1 amide bonds. The fourth-order valence-electron chi connectivity index (χ4n) is 4.14. The van der Waals surface area contributed by atoms with E-state index in [1.807, 2.05) is 31.3 Å². The van der Waals surface area contributed by atoms with Gasteiger partial charge >= 0.3 is 0 Å². The molecule has 3 aromatic rings. The van der Waals surface area contributed by atoms with Crippen LogP contribution in [-0.2, 0) is 9.36 Å². The van der Waals surface area contributed by atoms with Crippen molar-refractivity contribution < 1.29 is 14.1 Å². The number of benzene rings is 1. The van der Waals surface area contributed by atoms with Crippen LogP contribution in [0.1, 0.15) is 26.3 Å². The third-order valence-corrected chi connectivity index (χ3v) is 9.03. The molecule has 1 fully saturated rings. The lowest BCUT2D eigenvalue weighted by atomic mass is 10.2. The van der Waals surface area contributed by atoms with Crippen molar-refractivity contribution in [3.8, 4) is 5.75 Å². The van der Waals surface area contributed by atoms with Gasteiger partial charge in [0.25, 0.3) is 0 Å². The van der Waals surface area contributed by atoms with E-state index in [9.17, 15) is 9.36 Å². The number of ether oxygens (including phenoxy) is 1. The molecule has 176 valence electrons. The summed E-state index contributed by atoms with van der Waals surface area (Å²) in [6.45, 7) is 8.73. The molecule has 0 radical (unpaired) electrons. The summed E-state index contributed by atoms with van der Waals surface area (Å²) < 4.78 is 19.2. The minimum absolute atomic E-state index is 0.0268. The van der Waals surface area contributed by atoms with E-state index in [1.165, 1.54) is 0 Å². The minimum atomic E-state index is -2.59. The minimum Gasteiger partial charge on any atom is -0.495 e. The Hall–Kier alpha value is -3.06. The van der Waals surface area contributed by atoms with E-state index in [1.54, 1.807) is 18.9 Å². The second-order valence-electron chi connectivity index (χ2n) is 8.74. The average Bonchev–Trinajstić information content (AvgIpc) is 3.14. The number of hydrogen-bond acceptors (Lipinski definition) is 7. The topological polar surface area (TPSA) is 112 Å². The molecule has 0 saturated carbocycles. The van der Waals surface area contributed by atoms with Crippen molar-refractivity contribution in [2.45, 2.75) is 33.7 Å². The van der Waals surface area contributed by atoms with Gasteiger partial charge in [0.2, 0.25) is 11.9 Å². The smallest absolute Gasteiger partial charge is 0.231 e. The molecule has 0 atom stereocenters. The Balaban J connectivity index is 1.62. The summed E-state index contributed by atoms with van der Waals surface area (Å²) in [7, 11) is -1.00. The van der Waals surface area contributed by atoms with Crippen molar-refractivity contribution in [3.63, 3.8) is 0 Å². The predicted octanol–water partition coefficient (Wildman–Crippen LogP) is 3.69. The third-order valence-electron chi connectivity index (χ3n) is 5.96. The van der Waals surface area contributed by atoms with Gasteiger partial charge in [-0.2, -0.15) is 9.97 Å². The first-order valence-electron chi connectivity index (χ1n) is 11.1. The van der Waals surface area contributed by atoms with E-state index in [0.29, 0.717) is 42.8 Å². The molecule has 0 bridgehead atoms. The third kappa shape index (κ3) is 4.69. The van der Waals surface area contributed by atoms with Crippen LogP contribution in [0.4, 0.5) is 17.5 Å². The number of nitrogens with zero attached hydrogens (tertiary/aromatic N) is 3. The zero-order valence-corrected chi connectivity index (χ0v) is 20.6. The molecule has 0 unspecified atom stereocenters. The highest BCUT2D eigenvalue weighted by Crippen LogP contribution is 2.47. The Bertz CT molecular complexity index is 1230. The Morgan fingerprint density at radius 1 is 1.24 bits per heavy atom. The van der Waals surface area contributed by atoms with Gasteiger partial charge < -0.3 is 29.8 Å². The highest BCUT2D eigenvalue weighted by atomic mass is 31.2. The highest BCUT2D eigenvalue weighted by Gasteiger charge is 2.32. The summed E-state index contributed by atoms with van der Waals surface area (Å²) in [5.74, 6) is 1.79. The first-order chi connectivity index (χ1) is 15.7. The number of aryl methyl sites for hydroxylation is 1. The van der Waals surface area contributed by atoms with Gasteiger partial charge in [-0.1, -0.05) is 0 Å². The van der Waals surface area contributed by atoms with Gasteiger partial charge in [-0.05, 0) is 44.5 Å². The summed E-state index contributed by atoms with van der Waals surface area (Å²) in [6, 6.07) is 5.77. The average molecular weight is 471 g/mol. The number of amides is 1. The van der Waals surface area contributed by atoms with E-state index < -0.39 is 7.14 Å². The van der Waals surface area contributed by atoms with E-state index in [-0.39, 0.29) is 11.9 Å². The van der Waals surface area contributed by atoms with Gasteiger partial charge in [0, 0.05) is 49.9 Å². The molecular formula is C23H31N6O3P. The Labute approximate surface area is 193 Å². The molecule has 1 aliphatic heterocycles. The van der Waals surface area contributed by atoms with Crippen LogP contribution in [-0.4, -0.2) is 64.3 Å². The quantitative estimate of drug-likeness (QED) is 0.471. The number of hydrogen-bond donors (Lipinski definition) is 3. The Morgan fingerprint density at radius 2 is 1.97 bits per heavy atom. The van der Waals surface area contributed by atoms with Crippen molar-refractivity contribution in [3.05, 3.63) is 30.0 Å². The van der Waals surface area contributed by atoms with Gasteiger partial charge in [-0.15, -0.1) is 0 Å². The molecule has 1 saturated heterocycles. The lowest BCUT2D eigenvalue weighted by Crippen LogP contribution is -2.39. The second-order valence-corrected chi connectivity index (χ2v) is 11.9. The number of aromatic nitrogens is 3. The van der Waals surface area contributed by atoms with Gasteiger partial charge in [-0.3, -0.25) is 4.79 Å². The number of rotatable bonds is 6. The standard InChI is InChI=1S/C23H31N6O3P/c1-14(2)25-22-20-15(3)13-24-21(20)27-23(28-22)26-18-7-6-17(12-19(18)32-5)33(31)10-8-29(9-11-33)16(4)30/h6-7,12-14H,8-11H2,1-5H3,(H3,24,25,26,27,28). The van der Waals surface area contributed by atoms with Crippen molar-refractivity contribution in [1.29, 1.82) is 0 Å². The molecular weight excluding hydrogens is 439 g/mol. The van der Waals surface area contributed by atoms with Crippen molar-refractivity contribution in [2.24, 2.45) is 0 Å². The zero-order valence-electron chi connectivity index (χ0n) is 19.7. The maximum atomic E-state index is 13.6. The van der Waals surface area contributed by atoms with Gasteiger partial charge in [0.05, 0.1) is 18.2 Å². The molecule has 9 nitrogen and oxygen atoms in total. The lowest BCUT2D eigenvalue weighted by Gasteiger charge is -2.32. The Kier molecular flexibility index (Phi) is 6.34. The number of H-pyrrole nitrogens is 1. The second kappa shape index (κ2) is 9.06. The van der Waals surface area contributed by atoms with E-state index in [2.05, 4.69) is 34.4 Å². The SMILES string of the molecule is COc1cc(P2(=O)CCN(C(C)=O)CC2)ccc1Nc1nc(NC(C)C)c2c(C)c[nH]c2n1. The zero-order chi connectivity index (χ0) is 23.8. The molecule has 4 rings (SSSR count). The monoisotopic (exact) mass is 470 g/mol. The summed E-state index contributed by atoms with van der Waals surface area (Å²) in [4.78, 5) is 25.9. The molecule has 3 N–H and O–H groups in total. The number of fused-ring (bicyclic) bond motifs is 1. The van der Waals surface area contributed by atoms with Crippen LogP contribution >= 0.6 is 7.14 Å². The fraction of sp³-hybridized carbons (Fsp3) is 0.435. The summed E-state index contributed by atoms with van der Waals surface area (Å²) in [5, 5.41) is 8.38. The molecule has 3 heterocycles. The van der Waals surface area contributed by atoms with E-state index >= 15 is 0 Å². The van der Waals surface area contributed by atoms with Crippen LogP contribution in [0.15, 0.2) is 24.4 Å². The molecule has 2 aromatic heterocycles. The molecule has 10 heteroatoms. The molecule has 1 aliphatic rings. The number of methoxy groups -OCH3 is 1. The lowest BCUT2D eigenvalue weighted by molar-refractivity contribution is -0.128. The van der Waals surface area contributed by atoms with E-state index in [0.717, 1.165) is 27.7 Å². The summed E-state index contributed by atoms with van der Waals surface area (Å²) >= 11 is 0. The molecule has 1 aromatic carbocycles. The number of carbonyl (C=O) groups excluding carboxylic acids is 1. The van der Waals surface area contributed by atoms with Crippen LogP contribution in [0.3, 0.4) is 0 Å². The van der Waals surface area contributed by atoms with Gasteiger partial charge in [0.1, 0.15) is 24.4 Å². The van der Waals surface area contributed by atoms with Crippen molar-refractivity contribution in [1.82, 2.24) is 19.9 Å². The number of aromatic amines is 1.